The van der Waals surface area contributed by atoms with Gasteiger partial charge in [0.05, 0.1) is 19.3 Å². The van der Waals surface area contributed by atoms with Crippen molar-refractivity contribution in [3.05, 3.63) is 12.2 Å². The molecule has 1 aliphatic heterocycles. The van der Waals surface area contributed by atoms with Crippen LogP contribution < -0.4 is 0 Å². The van der Waals surface area contributed by atoms with E-state index < -0.39 is 5.79 Å². The molecule has 0 spiro atoms. The van der Waals surface area contributed by atoms with E-state index in [0.29, 0.717) is 36.8 Å². The summed E-state index contributed by atoms with van der Waals surface area (Å²) < 4.78 is 13.4. The van der Waals surface area contributed by atoms with Gasteiger partial charge in [-0.05, 0) is 56.3 Å². The second-order valence-corrected chi connectivity index (χ2v) is 11.6. The van der Waals surface area contributed by atoms with Gasteiger partial charge in [0.2, 0.25) is 0 Å². The fraction of sp³-hybridized carbons (Fsp3) is 0.893. The van der Waals surface area contributed by atoms with Crippen LogP contribution in [0.3, 0.4) is 0 Å². The highest BCUT2D eigenvalue weighted by atomic mass is 127. The number of carbonyl (C=O) groups excluding carboxylic acids is 1. The highest BCUT2D eigenvalue weighted by Crippen LogP contribution is 2.43. The summed E-state index contributed by atoms with van der Waals surface area (Å²) in [6.45, 7) is 7.75. The third kappa shape index (κ3) is 9.79. The Morgan fingerprint density at radius 2 is 1.85 bits per heavy atom. The van der Waals surface area contributed by atoms with Gasteiger partial charge in [0.1, 0.15) is 5.78 Å². The molecule has 5 nitrogen and oxygen atoms in total. The quantitative estimate of drug-likeness (QED) is 0.0440. The predicted octanol–water partition coefficient (Wildman–Crippen LogP) is 7.76. The van der Waals surface area contributed by atoms with Crippen molar-refractivity contribution in [1.82, 2.24) is 0 Å². The number of Topliss-reactive ketones (excluding diaryl/α,β-unsaturated/α-hetero) is 1. The van der Waals surface area contributed by atoms with E-state index in [2.05, 4.69) is 60.4 Å². The van der Waals surface area contributed by atoms with Gasteiger partial charge < -0.3 is 9.47 Å². The average molecular weight is 593 g/mol. The van der Waals surface area contributed by atoms with Crippen molar-refractivity contribution in [3.8, 4) is 0 Å². The molecule has 0 bridgehead atoms. The van der Waals surface area contributed by atoms with Crippen molar-refractivity contribution in [2.45, 2.75) is 116 Å². The molecule has 2 fully saturated rings. The van der Waals surface area contributed by atoms with Crippen molar-refractivity contribution in [3.63, 3.8) is 0 Å². The second-order valence-electron chi connectivity index (χ2n) is 10.7. The van der Waals surface area contributed by atoms with Gasteiger partial charge >= 0.3 is 0 Å². The minimum atomic E-state index is -0.421. The van der Waals surface area contributed by atoms with Crippen LogP contribution in [0.5, 0.6) is 0 Å². The Labute approximate surface area is 221 Å². The molecule has 1 N–H and O–H groups in total. The summed E-state index contributed by atoms with van der Waals surface area (Å²) in [5.74, 6) is 1.35. The van der Waals surface area contributed by atoms with Crippen LogP contribution in [0.1, 0.15) is 104 Å². The molecule has 1 unspecified atom stereocenters. The Hall–Kier alpha value is -0.0200. The van der Waals surface area contributed by atoms with E-state index in [1.165, 1.54) is 25.7 Å². The number of hydrogen-bond donors (Lipinski definition) is 1. The molecule has 198 valence electrons. The van der Waals surface area contributed by atoms with E-state index in [-0.39, 0.29) is 12.0 Å². The molecule has 0 aromatic heterocycles. The summed E-state index contributed by atoms with van der Waals surface area (Å²) in [5, 5.41) is 9.00. The standard InChI is InChI=1S/C28H49IO5/c1-4-5-6-9-12-16-28(32-18-19-33-28)17-15-24-23(21-29)20-26(30)25(24)13-10-7-8-11-14-27(34-31)22(2)3/h7,10,22-25,27,31H,4-6,8-9,11-21H2,1-3H3/b10-7-/t23-,24-,25+,27?/m0/s1. The molecule has 0 amide bonds. The molecule has 2 rings (SSSR count). The van der Waals surface area contributed by atoms with Crippen LogP contribution in [-0.2, 0) is 19.2 Å². The van der Waals surface area contributed by atoms with Crippen LogP contribution in [0.15, 0.2) is 12.2 Å². The summed E-state index contributed by atoms with van der Waals surface area (Å²) in [6, 6.07) is 0. The lowest BCUT2D eigenvalue weighted by atomic mass is 9.82. The van der Waals surface area contributed by atoms with Gasteiger partial charge in [-0.2, -0.15) is 0 Å². The topological polar surface area (TPSA) is 65.0 Å². The molecule has 0 aromatic rings. The Morgan fingerprint density at radius 1 is 1.12 bits per heavy atom. The lowest BCUT2D eigenvalue weighted by molar-refractivity contribution is -0.289. The Morgan fingerprint density at radius 3 is 2.50 bits per heavy atom. The molecule has 1 saturated heterocycles. The molecule has 0 aromatic carbocycles. The van der Waals surface area contributed by atoms with Crippen LogP contribution in [0.25, 0.3) is 0 Å². The summed E-state index contributed by atoms with van der Waals surface area (Å²) in [4.78, 5) is 17.5. The Kier molecular flexibility index (Phi) is 14.8. The maximum Gasteiger partial charge on any atom is 0.168 e. The number of ether oxygens (including phenoxy) is 2. The van der Waals surface area contributed by atoms with Crippen LogP contribution in [-0.4, -0.2) is 40.6 Å². The van der Waals surface area contributed by atoms with Gasteiger partial charge in [-0.15, -0.1) is 0 Å². The Balaban J connectivity index is 1.85. The number of ketones is 1. The molecular formula is C28H49IO5. The second kappa shape index (κ2) is 16.7. The molecule has 6 heteroatoms. The first-order valence-electron chi connectivity index (χ1n) is 13.8. The van der Waals surface area contributed by atoms with Crippen LogP contribution >= 0.6 is 22.6 Å². The van der Waals surface area contributed by atoms with E-state index in [1.54, 1.807) is 0 Å². The largest absolute Gasteiger partial charge is 0.348 e. The molecule has 1 heterocycles. The number of hydrogen-bond acceptors (Lipinski definition) is 5. The van der Waals surface area contributed by atoms with E-state index in [9.17, 15) is 4.79 Å². The average Bonchev–Trinajstić information content (AvgIpc) is 3.41. The van der Waals surface area contributed by atoms with Gasteiger partial charge in [0, 0.05) is 29.6 Å². The number of allylic oxidation sites excluding steroid dienone is 2. The summed E-state index contributed by atoms with van der Waals surface area (Å²) in [6.07, 6.45) is 17.8. The van der Waals surface area contributed by atoms with E-state index in [0.717, 1.165) is 62.2 Å². The number of halogens is 1. The zero-order valence-electron chi connectivity index (χ0n) is 21.8. The number of unbranched alkanes of at least 4 members (excludes halogenated alkanes) is 5. The van der Waals surface area contributed by atoms with Gasteiger partial charge in [-0.1, -0.05) is 81.2 Å². The first-order chi connectivity index (χ1) is 16.5. The fourth-order valence-corrected chi connectivity index (χ4v) is 6.61. The molecule has 34 heavy (non-hydrogen) atoms. The molecular weight excluding hydrogens is 543 g/mol. The van der Waals surface area contributed by atoms with Gasteiger partial charge in [-0.25, -0.2) is 4.89 Å². The van der Waals surface area contributed by atoms with Crippen molar-refractivity contribution < 1.29 is 24.4 Å². The zero-order valence-corrected chi connectivity index (χ0v) is 24.0. The lowest BCUT2D eigenvalue weighted by Gasteiger charge is -2.31. The third-order valence-electron chi connectivity index (χ3n) is 7.83. The zero-order chi connectivity index (χ0) is 24.8. The number of alkyl halides is 1. The van der Waals surface area contributed by atoms with Gasteiger partial charge in [0.15, 0.2) is 5.79 Å². The van der Waals surface area contributed by atoms with Gasteiger partial charge in [-0.3, -0.25) is 10.1 Å². The molecule has 2 aliphatic rings. The monoisotopic (exact) mass is 592 g/mol. The fourth-order valence-electron chi connectivity index (χ4n) is 5.64. The molecule has 0 radical (unpaired) electrons. The van der Waals surface area contributed by atoms with E-state index >= 15 is 0 Å². The molecule has 1 aliphatic carbocycles. The van der Waals surface area contributed by atoms with E-state index in [4.69, 9.17) is 14.7 Å². The number of rotatable bonds is 18. The first kappa shape index (κ1) is 30.2. The number of carbonyl (C=O) groups is 1. The smallest absolute Gasteiger partial charge is 0.168 e. The maximum atomic E-state index is 12.9. The van der Waals surface area contributed by atoms with Crippen LogP contribution in [0.4, 0.5) is 0 Å². The minimum Gasteiger partial charge on any atom is -0.348 e. The predicted molar refractivity (Wildman–Crippen MR) is 146 cm³/mol. The highest BCUT2D eigenvalue weighted by molar-refractivity contribution is 14.1. The van der Waals surface area contributed by atoms with Crippen molar-refractivity contribution in [1.29, 1.82) is 0 Å². The highest BCUT2D eigenvalue weighted by Gasteiger charge is 2.43. The molecule has 1 saturated carbocycles. The van der Waals surface area contributed by atoms with Crippen molar-refractivity contribution >= 4 is 28.4 Å². The SMILES string of the molecule is CCCCCCCC1(CC[C@H]2[C@H](CI)CC(=O)[C@@H]2C/C=C\CCCC(OO)C(C)C)OCCO1. The Bertz CT molecular complexity index is 587. The molecule has 4 atom stereocenters. The van der Waals surface area contributed by atoms with Gasteiger partial charge in [0.25, 0.3) is 0 Å². The minimum absolute atomic E-state index is 0.0995. The summed E-state index contributed by atoms with van der Waals surface area (Å²) in [5.41, 5.74) is 0. The first-order valence-corrected chi connectivity index (χ1v) is 15.3. The third-order valence-corrected chi connectivity index (χ3v) is 8.96. The lowest BCUT2D eigenvalue weighted by Crippen LogP contribution is -2.32. The normalized spacial score (nSPS) is 25.7. The summed E-state index contributed by atoms with van der Waals surface area (Å²) in [7, 11) is 0. The van der Waals surface area contributed by atoms with E-state index in [1.807, 2.05) is 0 Å². The van der Waals surface area contributed by atoms with Crippen molar-refractivity contribution in [2.24, 2.45) is 23.7 Å². The van der Waals surface area contributed by atoms with Crippen LogP contribution in [0.2, 0.25) is 0 Å². The van der Waals surface area contributed by atoms with Crippen molar-refractivity contribution in [2.75, 3.05) is 17.6 Å². The van der Waals surface area contributed by atoms with Crippen LogP contribution in [0, 0.1) is 23.7 Å². The summed E-state index contributed by atoms with van der Waals surface area (Å²) >= 11 is 2.46. The maximum absolute atomic E-state index is 12.9.